The van der Waals surface area contributed by atoms with Crippen LogP contribution < -0.4 is 20.5 Å². The van der Waals surface area contributed by atoms with Crippen molar-refractivity contribution in [3.05, 3.63) is 144 Å². The van der Waals surface area contributed by atoms with Crippen molar-refractivity contribution in [1.29, 1.82) is 0 Å². The number of alkyl carbamates (subject to hydrolysis) is 1. The van der Waals surface area contributed by atoms with E-state index in [0.717, 1.165) is 22.3 Å². The summed E-state index contributed by atoms with van der Waals surface area (Å²) < 4.78 is 37.9. The summed E-state index contributed by atoms with van der Waals surface area (Å²) >= 11 is 0. The number of rotatable bonds is 14. The Bertz CT molecular complexity index is 2320. The predicted octanol–water partition coefficient (Wildman–Crippen LogP) is 5.74. The number of benzene rings is 4. The van der Waals surface area contributed by atoms with Crippen LogP contribution in [0.4, 0.5) is 10.6 Å². The highest BCUT2D eigenvalue weighted by molar-refractivity contribution is 5.82. The molecule has 7 rings (SSSR count). The Morgan fingerprint density at radius 3 is 2.00 bits per heavy atom. The maximum atomic E-state index is 14.3. The molecule has 1 aliphatic rings. The van der Waals surface area contributed by atoms with Gasteiger partial charge in [-0.1, -0.05) is 84.9 Å². The quantitative estimate of drug-likeness (QED) is 0.0892. The van der Waals surface area contributed by atoms with Crippen molar-refractivity contribution in [2.24, 2.45) is 0 Å². The van der Waals surface area contributed by atoms with Crippen molar-refractivity contribution >= 4 is 29.0 Å². The number of nitrogens with two attached hydrogens (primary N) is 1. The Balaban J connectivity index is 1.26. The van der Waals surface area contributed by atoms with Crippen LogP contribution in [0.3, 0.4) is 0 Å². The van der Waals surface area contributed by atoms with Gasteiger partial charge in [0.25, 0.3) is 0 Å². The molecular formula is C45H48N6O9. The summed E-state index contributed by atoms with van der Waals surface area (Å²) in [6.45, 7) is 4.96. The molecule has 0 radical (unpaired) electrons. The maximum Gasteiger partial charge on any atom is 0.408 e. The van der Waals surface area contributed by atoms with E-state index in [9.17, 15) is 14.7 Å². The van der Waals surface area contributed by atoms with E-state index in [1.165, 1.54) is 17.2 Å². The zero-order chi connectivity index (χ0) is 42.4. The summed E-state index contributed by atoms with van der Waals surface area (Å²) in [5.41, 5.74) is 7.69. The normalized spacial score (nSPS) is 18.4. The van der Waals surface area contributed by atoms with E-state index in [2.05, 4.69) is 20.3 Å². The van der Waals surface area contributed by atoms with E-state index in [1.54, 1.807) is 35.0 Å². The van der Waals surface area contributed by atoms with Crippen molar-refractivity contribution in [1.82, 2.24) is 24.8 Å². The Morgan fingerprint density at radius 1 is 0.833 bits per heavy atom. The average molecular weight is 817 g/mol. The summed E-state index contributed by atoms with van der Waals surface area (Å²) in [5.74, 6) is 0.599. The van der Waals surface area contributed by atoms with Gasteiger partial charge < -0.3 is 44.6 Å². The third kappa shape index (κ3) is 8.88. The number of ether oxygens (including phenoxy) is 6. The molecule has 0 spiro atoms. The third-order valence-electron chi connectivity index (χ3n) is 10.1. The minimum absolute atomic E-state index is 0.0703. The molecule has 0 aliphatic carbocycles. The number of nitrogens with one attached hydrogen (secondary N) is 1. The van der Waals surface area contributed by atoms with E-state index in [-0.39, 0.29) is 30.0 Å². The van der Waals surface area contributed by atoms with Crippen molar-refractivity contribution in [2.75, 3.05) is 26.6 Å². The first-order valence-corrected chi connectivity index (χ1v) is 19.4. The molecule has 15 nitrogen and oxygen atoms in total. The van der Waals surface area contributed by atoms with Crippen LogP contribution in [0.25, 0.3) is 11.2 Å². The number of nitrogen functional groups attached to an aromatic ring is 1. The summed E-state index contributed by atoms with van der Waals surface area (Å²) in [6.07, 6.45) is -3.11. The van der Waals surface area contributed by atoms with Gasteiger partial charge >= 0.3 is 12.1 Å². The highest BCUT2D eigenvalue weighted by atomic mass is 16.6. The van der Waals surface area contributed by atoms with Gasteiger partial charge in [-0.3, -0.25) is 4.57 Å². The van der Waals surface area contributed by atoms with E-state index >= 15 is 0 Å². The lowest BCUT2D eigenvalue weighted by molar-refractivity contribution is -0.161. The van der Waals surface area contributed by atoms with Gasteiger partial charge in [0.15, 0.2) is 23.8 Å². The molecule has 1 saturated heterocycles. The number of nitrogens with zero attached hydrogens (tertiary/aromatic N) is 4. The van der Waals surface area contributed by atoms with Crippen molar-refractivity contribution in [3.8, 4) is 11.5 Å². The van der Waals surface area contributed by atoms with Crippen LogP contribution in [0, 0.1) is 0 Å². The second-order valence-electron chi connectivity index (χ2n) is 15.2. The number of carbonyl (C=O) groups is 2. The minimum Gasteiger partial charge on any atom is -0.497 e. The lowest BCUT2D eigenvalue weighted by atomic mass is 9.80. The summed E-state index contributed by atoms with van der Waals surface area (Å²) in [7, 11) is 3.19. The van der Waals surface area contributed by atoms with E-state index in [0.29, 0.717) is 11.5 Å². The van der Waals surface area contributed by atoms with Gasteiger partial charge in [0.2, 0.25) is 0 Å². The van der Waals surface area contributed by atoms with Crippen molar-refractivity contribution < 1.29 is 43.1 Å². The molecule has 60 heavy (non-hydrogen) atoms. The molecule has 0 bridgehead atoms. The van der Waals surface area contributed by atoms with E-state index in [4.69, 9.17) is 34.2 Å². The molecule has 4 N–H and O–H groups in total. The van der Waals surface area contributed by atoms with E-state index < -0.39 is 53.8 Å². The number of amides is 1. The number of anilines is 1. The van der Waals surface area contributed by atoms with Gasteiger partial charge in [-0.25, -0.2) is 24.5 Å². The second-order valence-corrected chi connectivity index (χ2v) is 15.2. The number of aliphatic hydroxyl groups is 1. The second kappa shape index (κ2) is 17.7. The number of fused-ring (bicyclic) bond motifs is 1. The molecule has 1 unspecified atom stereocenters. The molecule has 0 saturated carbocycles. The average Bonchev–Trinajstić information content (AvgIpc) is 3.82. The first kappa shape index (κ1) is 41.6. The summed E-state index contributed by atoms with van der Waals surface area (Å²) in [6, 6.07) is 32.7. The first-order valence-electron chi connectivity index (χ1n) is 19.4. The molecule has 312 valence electrons. The fraction of sp³-hybridized carbons (Fsp3) is 0.311. The number of methoxy groups -OCH3 is 2. The van der Waals surface area contributed by atoms with Crippen molar-refractivity contribution in [2.45, 2.75) is 69.0 Å². The van der Waals surface area contributed by atoms with Crippen LogP contribution in [0.5, 0.6) is 11.5 Å². The Kier molecular flexibility index (Phi) is 12.3. The molecule has 6 aromatic rings. The van der Waals surface area contributed by atoms with Crippen LogP contribution in [0.2, 0.25) is 0 Å². The zero-order valence-corrected chi connectivity index (χ0v) is 33.9. The smallest absolute Gasteiger partial charge is 0.408 e. The molecule has 15 heteroatoms. The monoisotopic (exact) mass is 816 g/mol. The highest BCUT2D eigenvalue weighted by Crippen LogP contribution is 2.43. The van der Waals surface area contributed by atoms with Gasteiger partial charge in [0.05, 0.1) is 27.2 Å². The molecule has 5 atom stereocenters. The van der Waals surface area contributed by atoms with Crippen molar-refractivity contribution in [3.63, 3.8) is 0 Å². The third-order valence-corrected chi connectivity index (χ3v) is 10.1. The van der Waals surface area contributed by atoms with Crippen LogP contribution in [0.1, 0.15) is 49.3 Å². The van der Waals surface area contributed by atoms with Gasteiger partial charge in [0, 0.05) is 6.42 Å². The number of hydrogen-bond donors (Lipinski definition) is 3. The summed E-state index contributed by atoms with van der Waals surface area (Å²) in [5, 5.41) is 14.9. The van der Waals surface area contributed by atoms with Gasteiger partial charge in [0.1, 0.15) is 52.8 Å². The summed E-state index contributed by atoms with van der Waals surface area (Å²) in [4.78, 5) is 40.2. The van der Waals surface area contributed by atoms with Crippen LogP contribution in [-0.2, 0) is 35.8 Å². The SMILES string of the molecule is COc1ccc(C(OC[C@H]2O[C@@H](n3cnc4c(N)ncnc43)[C@H](OC(=O)C(Cc3ccccc3)NC(=O)OC(C)(C)C)[C@@H]2O)(c2ccccc2)c2ccc(OC)cc2)cc1. The standard InChI is InChI=1S/C45H48N6O9/c1-44(2,3)60-43(54)50-34(24-28-12-8-6-9-13-28)42(53)59-38-37(52)35(58-41(38)51-27-49-36-39(46)47-26-48-40(36)51)25-57-45(29-14-10-7-11-15-29,30-16-20-32(55-4)21-17-30)31-18-22-33(56-5)23-19-31/h6-23,26-27,34-35,37-38,41,52H,24-25H2,1-5H3,(H,50,54)(H2,46,47,48)/t34?,35-,37-,38-,41-/m1/s1. The zero-order valence-electron chi connectivity index (χ0n) is 33.9. The number of imidazole rings is 1. The number of hydrogen-bond acceptors (Lipinski definition) is 13. The van der Waals surface area contributed by atoms with Gasteiger partial charge in [-0.05, 0) is 67.3 Å². The minimum atomic E-state index is -1.46. The topological polar surface area (TPSA) is 191 Å². The lowest BCUT2D eigenvalue weighted by Gasteiger charge is -2.37. The van der Waals surface area contributed by atoms with E-state index in [1.807, 2.05) is 109 Å². The molecule has 4 aromatic carbocycles. The fourth-order valence-corrected chi connectivity index (χ4v) is 7.25. The lowest BCUT2D eigenvalue weighted by Crippen LogP contribution is -2.48. The number of aliphatic hydroxyl groups excluding tert-OH is 1. The van der Waals surface area contributed by atoms with Crippen LogP contribution >= 0.6 is 0 Å². The first-order chi connectivity index (χ1) is 28.9. The molecule has 1 aliphatic heterocycles. The number of aromatic nitrogens is 4. The number of carbonyl (C=O) groups excluding carboxylic acids is 2. The Morgan fingerprint density at radius 2 is 1.42 bits per heavy atom. The molecule has 1 amide bonds. The molecule has 2 aromatic heterocycles. The number of esters is 1. The molecular weight excluding hydrogens is 769 g/mol. The molecule has 3 heterocycles. The largest absolute Gasteiger partial charge is 0.497 e. The van der Waals surface area contributed by atoms with Crippen LogP contribution in [-0.4, -0.2) is 87.5 Å². The van der Waals surface area contributed by atoms with Crippen LogP contribution in [0.15, 0.2) is 122 Å². The van der Waals surface area contributed by atoms with Gasteiger partial charge in [-0.15, -0.1) is 0 Å². The maximum absolute atomic E-state index is 14.3. The Labute approximate surface area is 347 Å². The highest BCUT2D eigenvalue weighted by Gasteiger charge is 2.50. The fourth-order valence-electron chi connectivity index (χ4n) is 7.25. The predicted molar refractivity (Wildman–Crippen MR) is 221 cm³/mol. The molecule has 1 fully saturated rings. The van der Waals surface area contributed by atoms with Gasteiger partial charge in [-0.2, -0.15) is 0 Å². The Hall–Kier alpha value is -6.55.